The average Bonchev–Trinajstić information content (AvgIpc) is 4.10. The van der Waals surface area contributed by atoms with Crippen molar-refractivity contribution in [3.8, 4) is 5.69 Å². The molecule has 0 N–H and O–H groups in total. The normalized spacial score (nSPS) is 15.7. The van der Waals surface area contributed by atoms with Crippen molar-refractivity contribution >= 4 is 116 Å². The number of allylic oxidation sites excluding steroid dienone is 1. The van der Waals surface area contributed by atoms with Gasteiger partial charge in [-0.1, -0.05) is 128 Å². The summed E-state index contributed by atoms with van der Waals surface area (Å²) in [6, 6.07) is 66.6. The zero-order valence-corrected chi connectivity index (χ0v) is 35.4. The highest BCUT2D eigenvalue weighted by Crippen LogP contribution is 2.42. The van der Waals surface area contributed by atoms with Crippen molar-refractivity contribution < 1.29 is 8.83 Å². The quantitative estimate of drug-likeness (QED) is 0.177. The maximum atomic E-state index is 7.05. The lowest BCUT2D eigenvalue weighted by atomic mass is 9.93. The Morgan fingerprint density at radius 2 is 1.05 bits per heavy atom. The number of hydrogen-bond donors (Lipinski definition) is 0. The van der Waals surface area contributed by atoms with Crippen LogP contribution in [0, 0.1) is 5.92 Å². The highest BCUT2D eigenvalue weighted by atomic mass is 16.3. The number of nitrogens with zero attached hydrogens (tertiary/aromatic N) is 4. The lowest BCUT2D eigenvalue weighted by Crippen LogP contribution is -2.18. The van der Waals surface area contributed by atoms with Gasteiger partial charge in [0.25, 0.3) is 0 Å². The maximum absolute atomic E-state index is 7.05. The molecule has 9 aromatic carbocycles. The first kappa shape index (κ1) is 36.0. The van der Waals surface area contributed by atoms with E-state index >= 15 is 0 Å². The summed E-state index contributed by atoms with van der Waals surface area (Å²) in [4.78, 5) is 11.4. The summed E-state index contributed by atoms with van der Waals surface area (Å²) in [5.74, 6) is 1.48. The van der Waals surface area contributed by atoms with Crippen molar-refractivity contribution in [3.63, 3.8) is 0 Å². The van der Waals surface area contributed by atoms with E-state index in [0.717, 1.165) is 101 Å². The molecule has 4 aromatic heterocycles. The minimum Gasteiger partial charge on any atom is -0.456 e. The first-order valence-corrected chi connectivity index (χ1v) is 22.3. The van der Waals surface area contributed by atoms with Crippen LogP contribution in [0.25, 0.3) is 110 Å². The zero-order valence-electron chi connectivity index (χ0n) is 35.4. The van der Waals surface area contributed by atoms with Crippen LogP contribution < -0.4 is 0 Å². The number of hydrogen-bond acceptors (Lipinski definition) is 4. The topological polar surface area (TPSA) is 60.9 Å². The summed E-state index contributed by atoms with van der Waals surface area (Å²) in [7, 11) is 0. The summed E-state index contributed by atoms with van der Waals surface area (Å²) >= 11 is 0. The molecule has 14 rings (SSSR count). The Morgan fingerprint density at radius 1 is 0.462 bits per heavy atom. The molecule has 1 unspecified atom stereocenters. The van der Waals surface area contributed by atoms with Gasteiger partial charge < -0.3 is 13.4 Å². The van der Waals surface area contributed by atoms with Crippen LogP contribution in [0.1, 0.15) is 24.5 Å². The maximum Gasteiger partial charge on any atom is 0.162 e. The third kappa shape index (κ3) is 5.34. The van der Waals surface area contributed by atoms with E-state index in [-0.39, 0.29) is 5.92 Å². The predicted octanol–water partition coefficient (Wildman–Crippen LogP) is 15.6. The third-order valence-corrected chi connectivity index (χ3v) is 13.6. The van der Waals surface area contributed by atoms with Gasteiger partial charge in [-0.15, -0.1) is 0 Å². The Bertz CT molecular complexity index is 4190. The summed E-state index contributed by atoms with van der Waals surface area (Å²) in [6.07, 6.45) is 3.02. The molecule has 0 fully saturated rings. The van der Waals surface area contributed by atoms with Gasteiger partial charge in [0.2, 0.25) is 0 Å². The van der Waals surface area contributed by atoms with Crippen molar-refractivity contribution in [2.75, 3.05) is 0 Å². The van der Waals surface area contributed by atoms with Crippen molar-refractivity contribution in [2.24, 2.45) is 15.9 Å². The van der Waals surface area contributed by atoms with Gasteiger partial charge in [0.1, 0.15) is 22.6 Å². The second-order valence-electron chi connectivity index (χ2n) is 17.3. The summed E-state index contributed by atoms with van der Waals surface area (Å²) < 4.78 is 18.2. The Kier molecular flexibility index (Phi) is 7.63. The second kappa shape index (κ2) is 13.8. The molecule has 65 heavy (non-hydrogen) atoms. The molecular weight excluding hydrogens is 797 g/mol. The van der Waals surface area contributed by atoms with Gasteiger partial charge in [-0.2, -0.15) is 0 Å². The lowest BCUT2D eigenvalue weighted by Gasteiger charge is -2.20. The fourth-order valence-electron chi connectivity index (χ4n) is 10.6. The van der Waals surface area contributed by atoms with E-state index in [1.165, 1.54) is 32.3 Å². The number of para-hydroxylation sites is 5. The molecule has 1 aliphatic heterocycles. The molecule has 5 heterocycles. The molecule has 0 bridgehead atoms. The molecule has 6 nitrogen and oxygen atoms in total. The smallest absolute Gasteiger partial charge is 0.162 e. The Labute approximate surface area is 372 Å². The van der Waals surface area contributed by atoms with Gasteiger partial charge in [-0.3, -0.25) is 4.57 Å². The van der Waals surface area contributed by atoms with Crippen LogP contribution in [0.15, 0.2) is 213 Å². The number of aliphatic imine (C=N–C) groups is 2. The van der Waals surface area contributed by atoms with E-state index in [0.29, 0.717) is 5.84 Å². The number of fused-ring (bicyclic) bond motifs is 13. The van der Waals surface area contributed by atoms with Gasteiger partial charge in [0, 0.05) is 60.1 Å². The van der Waals surface area contributed by atoms with E-state index in [4.69, 9.17) is 18.8 Å². The van der Waals surface area contributed by atoms with Crippen molar-refractivity contribution in [1.82, 2.24) is 9.13 Å². The molecule has 0 radical (unpaired) electrons. The first-order chi connectivity index (χ1) is 32.1. The monoisotopic (exact) mass is 834 g/mol. The van der Waals surface area contributed by atoms with Crippen molar-refractivity contribution in [1.29, 1.82) is 0 Å². The van der Waals surface area contributed by atoms with Gasteiger partial charge in [-0.25, -0.2) is 9.98 Å². The fraction of sp³-hybridized carbons (Fsp3) is 0.0508. The summed E-state index contributed by atoms with van der Waals surface area (Å²) in [5.41, 5.74) is 11.5. The second-order valence-corrected chi connectivity index (χ2v) is 17.3. The largest absolute Gasteiger partial charge is 0.456 e. The van der Waals surface area contributed by atoms with Crippen molar-refractivity contribution in [3.05, 3.63) is 205 Å². The third-order valence-electron chi connectivity index (χ3n) is 13.6. The molecule has 6 heteroatoms. The molecule has 0 amide bonds. The molecule has 1 atom stereocenters. The lowest BCUT2D eigenvalue weighted by molar-refractivity contribution is 0.666. The van der Waals surface area contributed by atoms with Crippen LogP contribution in [0.5, 0.6) is 0 Å². The highest BCUT2D eigenvalue weighted by Gasteiger charge is 2.26. The van der Waals surface area contributed by atoms with Gasteiger partial charge in [0.15, 0.2) is 11.4 Å². The molecule has 0 aliphatic carbocycles. The van der Waals surface area contributed by atoms with Gasteiger partial charge >= 0.3 is 0 Å². The van der Waals surface area contributed by atoms with Crippen LogP contribution in [0.3, 0.4) is 0 Å². The van der Waals surface area contributed by atoms with Crippen LogP contribution in [0.4, 0.5) is 0 Å². The molecule has 1 aliphatic rings. The van der Waals surface area contributed by atoms with E-state index < -0.39 is 0 Å². The van der Waals surface area contributed by atoms with E-state index in [1.807, 2.05) is 18.2 Å². The van der Waals surface area contributed by atoms with Crippen LogP contribution in [-0.2, 0) is 0 Å². The minimum atomic E-state index is 0.0358. The average molecular weight is 835 g/mol. The molecule has 0 saturated carbocycles. The number of aromatic nitrogens is 2. The van der Waals surface area contributed by atoms with Crippen LogP contribution in [0.2, 0.25) is 0 Å². The minimum absolute atomic E-state index is 0.0358. The number of rotatable bonds is 4. The molecule has 0 spiro atoms. The first-order valence-electron chi connectivity index (χ1n) is 22.3. The van der Waals surface area contributed by atoms with Crippen LogP contribution >= 0.6 is 0 Å². The summed E-state index contributed by atoms with van der Waals surface area (Å²) in [5, 5.41) is 11.3. The Balaban J connectivity index is 1.06. The van der Waals surface area contributed by atoms with Crippen LogP contribution in [-0.4, -0.2) is 20.7 Å². The van der Waals surface area contributed by atoms with E-state index in [1.54, 1.807) is 0 Å². The molecule has 0 saturated heterocycles. The van der Waals surface area contributed by atoms with E-state index in [2.05, 4.69) is 192 Å². The molecule has 306 valence electrons. The number of furan rings is 2. The van der Waals surface area contributed by atoms with Crippen molar-refractivity contribution in [2.45, 2.75) is 13.3 Å². The number of amidine groups is 1. The Hall–Kier alpha value is -8.48. The van der Waals surface area contributed by atoms with E-state index in [9.17, 15) is 0 Å². The SMILES string of the molecule is CC1C/C=C(\n2c3ccccc3c3ccccc32)N=C(c2ccc(-n3c4ccccc4c4cc5ccccc5cc43)c3oc4ccccc4c23)N=C1c1ccc2c(c1)oc1ccccc12. The standard InChI is InChI=1S/C59H38N4O2/c1-35-26-31-55(63-48-22-10-4-16-39(48)40-17-5-11-23-49(40)63)60-59(61-57(35)38-27-28-43-42-19-7-12-24-52(42)64-54(43)34-38)45-29-30-50(58-56(45)44-20-8-13-25-53(44)65-58)62-47-21-9-6-18-41(47)46-32-36-14-2-3-15-37(36)33-51(46)62/h2-25,27-35H,26H2,1H3/b55-31-,60-59?,61-57?. The Morgan fingerprint density at radius 3 is 1.78 bits per heavy atom. The zero-order chi connectivity index (χ0) is 42.8. The number of benzene rings is 9. The predicted molar refractivity (Wildman–Crippen MR) is 270 cm³/mol. The highest BCUT2D eigenvalue weighted by molar-refractivity contribution is 6.25. The van der Waals surface area contributed by atoms with Gasteiger partial charge in [-0.05, 0) is 90.0 Å². The van der Waals surface area contributed by atoms with Gasteiger partial charge in [0.05, 0.1) is 33.5 Å². The summed E-state index contributed by atoms with van der Waals surface area (Å²) in [6.45, 7) is 2.27. The molecule has 13 aromatic rings. The fourth-order valence-corrected chi connectivity index (χ4v) is 10.6. The molecular formula is C59H38N4O2.